The van der Waals surface area contributed by atoms with Gasteiger partial charge in [0.15, 0.2) is 5.13 Å². The number of nitrogens with zero attached hydrogens (tertiary/aromatic N) is 4. The average Bonchev–Trinajstić information content (AvgIpc) is 3.37. The van der Waals surface area contributed by atoms with Gasteiger partial charge in [-0.25, -0.2) is 13.4 Å². The van der Waals surface area contributed by atoms with Gasteiger partial charge in [0.2, 0.25) is 10.0 Å². The lowest BCUT2D eigenvalue weighted by Crippen LogP contribution is -2.39. The van der Waals surface area contributed by atoms with Gasteiger partial charge < -0.3 is 4.74 Å². The first-order valence-electron chi connectivity index (χ1n) is 14.2. The summed E-state index contributed by atoms with van der Waals surface area (Å²) in [5, 5.41) is 1.24. The lowest BCUT2D eigenvalue weighted by Gasteiger charge is -2.28. The molecule has 0 aliphatic carbocycles. The van der Waals surface area contributed by atoms with E-state index in [0.717, 1.165) is 55.0 Å². The fourth-order valence-electron chi connectivity index (χ4n) is 4.93. The summed E-state index contributed by atoms with van der Waals surface area (Å²) in [6.45, 7) is 15.4. The van der Waals surface area contributed by atoms with Crippen LogP contribution in [0.15, 0.2) is 41.3 Å². The molecule has 2 heterocycles. The SMILES string of the molecule is Cc1c(Cl)ccc2sc(N(CCCN3CCOCC3)C(=O)c3ccc(S(=O)(=O)N(CC(C)C)CC(C)C)cc3)nc12. The van der Waals surface area contributed by atoms with Crippen molar-refractivity contribution in [2.45, 2.75) is 45.9 Å². The molecule has 224 valence electrons. The highest BCUT2D eigenvalue weighted by molar-refractivity contribution is 7.89. The van der Waals surface area contributed by atoms with Crippen molar-refractivity contribution >= 4 is 54.2 Å². The Hall–Kier alpha value is -2.08. The molecule has 0 spiro atoms. The highest BCUT2D eigenvalue weighted by atomic mass is 35.5. The summed E-state index contributed by atoms with van der Waals surface area (Å²) in [7, 11) is -3.69. The molecule has 0 atom stereocenters. The Bertz CT molecular complexity index is 1420. The van der Waals surface area contributed by atoms with Crippen LogP contribution in [0.5, 0.6) is 0 Å². The second kappa shape index (κ2) is 13.9. The van der Waals surface area contributed by atoms with E-state index >= 15 is 0 Å². The number of hydrogen-bond donors (Lipinski definition) is 0. The van der Waals surface area contributed by atoms with E-state index < -0.39 is 10.0 Å². The molecule has 1 aromatic heterocycles. The van der Waals surface area contributed by atoms with Crippen molar-refractivity contribution < 1.29 is 17.9 Å². The number of morpholine rings is 1. The number of halogens is 1. The predicted molar refractivity (Wildman–Crippen MR) is 168 cm³/mol. The summed E-state index contributed by atoms with van der Waals surface area (Å²) in [6.07, 6.45) is 0.771. The summed E-state index contributed by atoms with van der Waals surface area (Å²) < 4.78 is 34.9. The number of aryl methyl sites for hydroxylation is 1. The Balaban J connectivity index is 1.60. The van der Waals surface area contributed by atoms with Crippen LogP contribution in [0.25, 0.3) is 10.2 Å². The van der Waals surface area contributed by atoms with Crippen molar-refractivity contribution in [1.29, 1.82) is 0 Å². The number of sulfonamides is 1. The topological polar surface area (TPSA) is 83.0 Å². The van der Waals surface area contributed by atoms with Crippen LogP contribution in [0.4, 0.5) is 5.13 Å². The Morgan fingerprint density at radius 3 is 2.29 bits per heavy atom. The summed E-state index contributed by atoms with van der Waals surface area (Å²) in [5.41, 5.74) is 2.10. The van der Waals surface area contributed by atoms with Gasteiger partial charge in [0.05, 0.1) is 28.3 Å². The van der Waals surface area contributed by atoms with E-state index in [0.29, 0.717) is 35.4 Å². The number of benzene rings is 2. The van der Waals surface area contributed by atoms with Crippen LogP contribution in [0, 0.1) is 18.8 Å². The third-order valence-electron chi connectivity index (χ3n) is 7.05. The van der Waals surface area contributed by atoms with Crippen LogP contribution in [0.2, 0.25) is 5.02 Å². The fraction of sp³-hybridized carbons (Fsp3) is 0.533. The van der Waals surface area contributed by atoms with Gasteiger partial charge in [-0.1, -0.05) is 50.6 Å². The minimum absolute atomic E-state index is 0.194. The molecule has 1 saturated heterocycles. The van der Waals surface area contributed by atoms with Crippen LogP contribution >= 0.6 is 22.9 Å². The second-order valence-electron chi connectivity index (χ2n) is 11.4. The quantitative estimate of drug-likeness (QED) is 0.250. The van der Waals surface area contributed by atoms with Crippen molar-refractivity contribution in [3.63, 3.8) is 0 Å². The van der Waals surface area contributed by atoms with E-state index in [4.69, 9.17) is 21.3 Å². The smallest absolute Gasteiger partial charge is 0.260 e. The first kappa shape index (κ1) is 31.8. The molecule has 0 unspecified atom stereocenters. The van der Waals surface area contributed by atoms with E-state index in [9.17, 15) is 13.2 Å². The van der Waals surface area contributed by atoms with Crippen molar-refractivity contribution in [3.05, 3.63) is 52.5 Å². The standard InChI is InChI=1S/C30H41ClN4O4S2/c1-21(2)19-34(20-22(3)4)41(37,38)25-9-7-24(8-10-25)29(36)35(14-6-13-33-15-17-39-18-16-33)30-32-28-23(5)26(31)11-12-27(28)40-30/h7-12,21-22H,6,13-20H2,1-5H3. The van der Waals surface area contributed by atoms with Crippen LogP contribution in [-0.4, -0.2) is 81.0 Å². The van der Waals surface area contributed by atoms with E-state index in [-0.39, 0.29) is 22.6 Å². The van der Waals surface area contributed by atoms with E-state index in [1.165, 1.54) is 11.3 Å². The average molecular weight is 621 g/mol. The van der Waals surface area contributed by atoms with Gasteiger partial charge in [-0.3, -0.25) is 14.6 Å². The van der Waals surface area contributed by atoms with Crippen LogP contribution in [0.1, 0.15) is 50.0 Å². The van der Waals surface area contributed by atoms with Gasteiger partial charge >= 0.3 is 0 Å². The second-order valence-corrected chi connectivity index (χ2v) is 14.8. The molecule has 0 radical (unpaired) electrons. The van der Waals surface area contributed by atoms with Gasteiger partial charge in [0.1, 0.15) is 0 Å². The zero-order valence-corrected chi connectivity index (χ0v) is 27.0. The normalized spacial score (nSPS) is 15.0. The summed E-state index contributed by atoms with van der Waals surface area (Å²) in [4.78, 5) is 23.0. The molecule has 1 aliphatic heterocycles. The summed E-state index contributed by atoms with van der Waals surface area (Å²) >= 11 is 7.81. The lowest BCUT2D eigenvalue weighted by atomic mass is 10.2. The third kappa shape index (κ3) is 7.86. The minimum atomic E-state index is -3.69. The number of aromatic nitrogens is 1. The Morgan fingerprint density at radius 1 is 1.05 bits per heavy atom. The first-order valence-corrected chi connectivity index (χ1v) is 16.9. The van der Waals surface area contributed by atoms with Crippen LogP contribution in [0.3, 0.4) is 0 Å². The molecule has 1 fully saturated rings. The van der Waals surface area contributed by atoms with Crippen molar-refractivity contribution in [2.75, 3.05) is 57.4 Å². The largest absolute Gasteiger partial charge is 0.379 e. The molecule has 1 amide bonds. The Morgan fingerprint density at radius 2 is 1.68 bits per heavy atom. The molecule has 1 aliphatic rings. The van der Waals surface area contributed by atoms with Gasteiger partial charge in [-0.05, 0) is 67.1 Å². The zero-order chi connectivity index (χ0) is 29.7. The Kier molecular flexibility index (Phi) is 10.8. The van der Waals surface area contributed by atoms with E-state index in [1.807, 2.05) is 46.8 Å². The number of fused-ring (bicyclic) bond motifs is 1. The minimum Gasteiger partial charge on any atom is -0.379 e. The maximum atomic E-state index is 13.9. The van der Waals surface area contributed by atoms with Gasteiger partial charge in [-0.2, -0.15) is 4.31 Å². The number of thiazole rings is 1. The summed E-state index contributed by atoms with van der Waals surface area (Å²) in [5.74, 6) is 0.186. The molecular weight excluding hydrogens is 580 g/mol. The fourth-order valence-corrected chi connectivity index (χ4v) is 7.89. The monoisotopic (exact) mass is 620 g/mol. The number of amides is 1. The van der Waals surface area contributed by atoms with E-state index in [2.05, 4.69) is 4.90 Å². The zero-order valence-electron chi connectivity index (χ0n) is 24.6. The molecular formula is C30H41ClN4O4S2. The predicted octanol–water partition coefficient (Wildman–Crippen LogP) is 5.93. The summed E-state index contributed by atoms with van der Waals surface area (Å²) in [6, 6.07) is 10.1. The third-order valence-corrected chi connectivity index (χ3v) is 10.3. The van der Waals surface area contributed by atoms with Crippen LogP contribution in [-0.2, 0) is 14.8 Å². The maximum Gasteiger partial charge on any atom is 0.260 e. The van der Waals surface area contributed by atoms with Crippen molar-refractivity contribution in [1.82, 2.24) is 14.2 Å². The molecule has 0 N–H and O–H groups in total. The molecule has 4 rings (SSSR count). The van der Waals surface area contributed by atoms with Crippen LogP contribution < -0.4 is 4.90 Å². The number of hydrogen-bond acceptors (Lipinski definition) is 7. The molecule has 3 aromatic rings. The Labute approximate surface area is 253 Å². The molecule has 8 nitrogen and oxygen atoms in total. The van der Waals surface area contributed by atoms with Crippen molar-refractivity contribution in [3.8, 4) is 0 Å². The number of ether oxygens (including phenoxy) is 1. The van der Waals surface area contributed by atoms with Gasteiger partial charge in [0.25, 0.3) is 5.91 Å². The molecule has 0 saturated carbocycles. The van der Waals surface area contributed by atoms with Crippen molar-refractivity contribution in [2.24, 2.45) is 11.8 Å². The number of rotatable bonds is 12. The highest BCUT2D eigenvalue weighted by Crippen LogP contribution is 2.34. The number of carbonyl (C=O) groups is 1. The first-order chi connectivity index (χ1) is 19.5. The maximum absolute atomic E-state index is 13.9. The lowest BCUT2D eigenvalue weighted by molar-refractivity contribution is 0.0376. The molecule has 2 aromatic carbocycles. The molecule has 41 heavy (non-hydrogen) atoms. The van der Waals surface area contributed by atoms with Gasteiger partial charge in [-0.15, -0.1) is 0 Å². The van der Waals surface area contributed by atoms with Gasteiger partial charge in [0, 0.05) is 49.9 Å². The van der Waals surface area contributed by atoms with E-state index in [1.54, 1.807) is 33.5 Å². The number of anilines is 1. The molecule has 0 bridgehead atoms. The number of carbonyl (C=O) groups excluding carboxylic acids is 1. The highest BCUT2D eigenvalue weighted by Gasteiger charge is 2.27. The molecule has 11 heteroatoms.